The van der Waals surface area contributed by atoms with Gasteiger partial charge in [0.1, 0.15) is 0 Å². The van der Waals surface area contributed by atoms with Crippen LogP contribution in [-0.2, 0) is 0 Å². The minimum atomic E-state index is 0.203. The molecule has 82 valence electrons. The average Bonchev–Trinajstić information content (AvgIpc) is 2.75. The number of hydrogen-bond donors (Lipinski definition) is 0. The Morgan fingerprint density at radius 3 is 2.69 bits per heavy atom. The van der Waals surface area contributed by atoms with E-state index in [-0.39, 0.29) is 5.78 Å². The molecule has 1 aromatic heterocycles. The third-order valence-corrected chi connectivity index (χ3v) is 3.43. The maximum Gasteiger partial charge on any atom is 0.162 e. The number of carbonyl (C=O) groups excluding carboxylic acids is 1. The maximum absolute atomic E-state index is 11.6. The molecule has 0 amide bonds. The summed E-state index contributed by atoms with van der Waals surface area (Å²) in [5.41, 5.74) is 3.14. The van der Waals surface area contributed by atoms with Crippen molar-refractivity contribution in [1.29, 1.82) is 0 Å². The molecule has 0 saturated heterocycles. The molecule has 0 unspecified atom stereocenters. The average molecular weight is 230 g/mol. The molecule has 0 spiro atoms. The minimum Gasteiger partial charge on any atom is -0.294 e. The summed E-state index contributed by atoms with van der Waals surface area (Å²) in [6.45, 7) is 3.99. The number of hydrogen-bond acceptors (Lipinski definition) is 2. The van der Waals surface area contributed by atoms with Crippen LogP contribution in [-0.4, -0.2) is 5.78 Å². The van der Waals surface area contributed by atoms with Gasteiger partial charge in [-0.25, -0.2) is 0 Å². The number of thiophene rings is 1. The van der Waals surface area contributed by atoms with Crippen molar-refractivity contribution in [2.24, 2.45) is 0 Å². The smallest absolute Gasteiger partial charge is 0.162 e. The molecule has 0 fully saturated rings. The van der Waals surface area contributed by atoms with E-state index in [9.17, 15) is 4.79 Å². The lowest BCUT2D eigenvalue weighted by molar-refractivity contribution is 0.0988. The Hall–Kier alpha value is -1.41. The van der Waals surface area contributed by atoms with Crippen LogP contribution in [0.1, 0.15) is 28.6 Å². The molecule has 0 aliphatic carbocycles. The van der Waals surface area contributed by atoms with E-state index in [4.69, 9.17) is 0 Å². The van der Waals surface area contributed by atoms with Gasteiger partial charge in [-0.15, -0.1) is 11.3 Å². The van der Waals surface area contributed by atoms with Gasteiger partial charge in [0, 0.05) is 16.9 Å². The Morgan fingerprint density at radius 2 is 2.06 bits per heavy atom. The van der Waals surface area contributed by atoms with E-state index < -0.39 is 0 Å². The molecule has 0 atom stereocenters. The second-order valence-electron chi connectivity index (χ2n) is 3.80. The predicted octanol–water partition coefficient (Wildman–Crippen LogP) is 4.32. The van der Waals surface area contributed by atoms with E-state index in [1.54, 1.807) is 11.3 Å². The number of ketones is 1. The van der Waals surface area contributed by atoms with E-state index in [1.807, 2.05) is 31.2 Å². The molecule has 2 heteroatoms. The fraction of sp³-hybridized carbons (Fsp3) is 0.214. The van der Waals surface area contributed by atoms with E-state index >= 15 is 0 Å². The fourth-order valence-corrected chi connectivity index (χ4v) is 2.38. The molecule has 2 aromatic rings. The van der Waals surface area contributed by atoms with Gasteiger partial charge >= 0.3 is 0 Å². The highest BCUT2D eigenvalue weighted by Crippen LogP contribution is 2.26. The van der Waals surface area contributed by atoms with Gasteiger partial charge in [-0.1, -0.05) is 25.1 Å². The van der Waals surface area contributed by atoms with Gasteiger partial charge in [0.2, 0.25) is 0 Å². The normalized spacial score (nSPS) is 10.4. The first-order valence-electron chi connectivity index (χ1n) is 5.39. The lowest BCUT2D eigenvalue weighted by atomic mass is 10.0. The molecule has 0 bridgehead atoms. The second-order valence-corrected chi connectivity index (χ2v) is 4.92. The number of aryl methyl sites for hydroxylation is 1. The Labute approximate surface area is 99.8 Å². The van der Waals surface area contributed by atoms with E-state index in [0.717, 1.165) is 11.1 Å². The van der Waals surface area contributed by atoms with Gasteiger partial charge in [0.25, 0.3) is 0 Å². The SMILES string of the molecule is CCC(=O)c1cccc(-c2csc(C)c2)c1. The van der Waals surface area contributed by atoms with Crippen molar-refractivity contribution in [3.63, 3.8) is 0 Å². The van der Waals surface area contributed by atoms with Crippen molar-refractivity contribution in [2.75, 3.05) is 0 Å². The van der Waals surface area contributed by atoms with Crippen LogP contribution in [0.25, 0.3) is 11.1 Å². The molecule has 1 aromatic carbocycles. The van der Waals surface area contributed by atoms with Crippen LogP contribution in [0.4, 0.5) is 0 Å². The minimum absolute atomic E-state index is 0.203. The summed E-state index contributed by atoms with van der Waals surface area (Å²) >= 11 is 1.73. The molecule has 0 radical (unpaired) electrons. The molecular weight excluding hydrogens is 216 g/mol. The van der Waals surface area contributed by atoms with Crippen LogP contribution < -0.4 is 0 Å². The zero-order chi connectivity index (χ0) is 11.5. The molecule has 0 aliphatic heterocycles. The third kappa shape index (κ3) is 2.22. The van der Waals surface area contributed by atoms with Gasteiger partial charge in [-0.2, -0.15) is 0 Å². The molecule has 0 saturated carbocycles. The summed E-state index contributed by atoms with van der Waals surface area (Å²) in [5.74, 6) is 0.203. The Bertz CT molecular complexity index is 511. The van der Waals surface area contributed by atoms with Crippen LogP contribution in [0.3, 0.4) is 0 Å². The summed E-state index contributed by atoms with van der Waals surface area (Å²) in [6.07, 6.45) is 0.562. The maximum atomic E-state index is 11.6. The summed E-state index contributed by atoms with van der Waals surface area (Å²) in [4.78, 5) is 12.9. The van der Waals surface area contributed by atoms with Crippen LogP contribution >= 0.6 is 11.3 Å². The zero-order valence-electron chi connectivity index (χ0n) is 9.49. The zero-order valence-corrected chi connectivity index (χ0v) is 10.3. The van der Waals surface area contributed by atoms with Crippen LogP contribution in [0.2, 0.25) is 0 Å². The second kappa shape index (κ2) is 4.62. The Morgan fingerprint density at radius 1 is 1.25 bits per heavy atom. The third-order valence-electron chi connectivity index (χ3n) is 2.57. The lowest BCUT2D eigenvalue weighted by Crippen LogP contribution is -1.95. The van der Waals surface area contributed by atoms with Crippen molar-refractivity contribution in [3.8, 4) is 11.1 Å². The number of benzene rings is 1. The highest BCUT2D eigenvalue weighted by atomic mass is 32.1. The Balaban J connectivity index is 2.39. The van der Waals surface area contributed by atoms with Gasteiger partial charge in [-0.05, 0) is 35.6 Å². The van der Waals surface area contributed by atoms with E-state index in [2.05, 4.69) is 18.4 Å². The van der Waals surface area contributed by atoms with Crippen molar-refractivity contribution in [1.82, 2.24) is 0 Å². The van der Waals surface area contributed by atoms with Crippen molar-refractivity contribution in [3.05, 3.63) is 46.2 Å². The fourth-order valence-electron chi connectivity index (χ4n) is 1.67. The topological polar surface area (TPSA) is 17.1 Å². The first kappa shape index (κ1) is 11.1. The molecule has 1 heterocycles. The summed E-state index contributed by atoms with van der Waals surface area (Å²) in [5, 5.41) is 2.13. The van der Waals surface area contributed by atoms with Crippen molar-refractivity contribution < 1.29 is 4.79 Å². The van der Waals surface area contributed by atoms with Crippen molar-refractivity contribution >= 4 is 17.1 Å². The highest BCUT2D eigenvalue weighted by molar-refractivity contribution is 7.10. The largest absolute Gasteiger partial charge is 0.294 e. The van der Waals surface area contributed by atoms with Crippen LogP contribution in [0, 0.1) is 6.92 Å². The molecule has 16 heavy (non-hydrogen) atoms. The number of Topliss-reactive ketones (excluding diaryl/α,β-unsaturated/α-hetero) is 1. The molecule has 0 aliphatic rings. The van der Waals surface area contributed by atoms with E-state index in [1.165, 1.54) is 10.4 Å². The Kier molecular flexibility index (Phi) is 3.20. The standard InChI is InChI=1S/C14H14OS/c1-3-14(15)12-6-4-5-11(8-12)13-7-10(2)16-9-13/h4-9H,3H2,1-2H3. The first-order valence-corrected chi connectivity index (χ1v) is 6.27. The van der Waals surface area contributed by atoms with Gasteiger partial charge in [0.05, 0.1) is 0 Å². The molecular formula is C14H14OS. The first-order chi connectivity index (χ1) is 7.70. The van der Waals surface area contributed by atoms with Crippen LogP contribution in [0.15, 0.2) is 35.7 Å². The van der Waals surface area contributed by atoms with Gasteiger partial charge < -0.3 is 0 Å². The van der Waals surface area contributed by atoms with Gasteiger partial charge in [0.15, 0.2) is 5.78 Å². The number of rotatable bonds is 3. The number of carbonyl (C=O) groups is 1. The summed E-state index contributed by atoms with van der Waals surface area (Å²) < 4.78 is 0. The van der Waals surface area contributed by atoms with E-state index in [0.29, 0.717) is 6.42 Å². The molecule has 0 N–H and O–H groups in total. The lowest BCUT2D eigenvalue weighted by Gasteiger charge is -2.01. The predicted molar refractivity (Wildman–Crippen MR) is 69.1 cm³/mol. The highest BCUT2D eigenvalue weighted by Gasteiger charge is 2.05. The van der Waals surface area contributed by atoms with Gasteiger partial charge in [-0.3, -0.25) is 4.79 Å². The quantitative estimate of drug-likeness (QED) is 0.718. The van der Waals surface area contributed by atoms with Crippen LogP contribution in [0.5, 0.6) is 0 Å². The monoisotopic (exact) mass is 230 g/mol. The summed E-state index contributed by atoms with van der Waals surface area (Å²) in [7, 11) is 0. The summed E-state index contributed by atoms with van der Waals surface area (Å²) in [6, 6.07) is 10.0. The van der Waals surface area contributed by atoms with Crippen molar-refractivity contribution in [2.45, 2.75) is 20.3 Å². The molecule has 2 rings (SSSR count). The molecule has 1 nitrogen and oxygen atoms in total.